The van der Waals surface area contributed by atoms with Gasteiger partial charge in [-0.15, -0.1) is 0 Å². The number of nitrogens with zero attached hydrogens (tertiary/aromatic N) is 2. The Kier molecular flexibility index (Phi) is 0.887. The molecule has 2 aromatic rings. The van der Waals surface area contributed by atoms with Crippen LogP contribution in [0, 0.1) is 5.41 Å². The van der Waals surface area contributed by atoms with Crippen LogP contribution in [-0.2, 0) is 0 Å². The van der Waals surface area contributed by atoms with Crippen molar-refractivity contribution in [3.05, 3.63) is 18.5 Å². The first-order valence-corrected chi connectivity index (χ1v) is 2.83. The van der Waals surface area contributed by atoms with Crippen LogP contribution in [0.25, 0.3) is 11.1 Å². The van der Waals surface area contributed by atoms with Crippen molar-refractivity contribution < 1.29 is 4.42 Å². The van der Waals surface area contributed by atoms with Gasteiger partial charge < -0.3 is 4.42 Å². The Hall–Kier alpha value is -1.58. The van der Waals surface area contributed by atoms with E-state index in [-0.39, 0.29) is 0 Å². The number of hydrogen-bond donors (Lipinski definition) is 1. The zero-order chi connectivity index (χ0) is 6.97. The zero-order valence-electron chi connectivity index (χ0n) is 5.11. The summed E-state index contributed by atoms with van der Waals surface area (Å²) >= 11 is 0. The first-order valence-electron chi connectivity index (χ1n) is 2.83. The van der Waals surface area contributed by atoms with Crippen LogP contribution in [0.5, 0.6) is 0 Å². The standard InChI is InChI=1S/C6H5N3O/c7-4-9-5-1-2-10-6(5)3-8-9/h1-4,7H. The molecule has 0 amide bonds. The lowest BCUT2D eigenvalue weighted by molar-refractivity contribution is 0.615. The largest absolute Gasteiger partial charge is 0.461 e. The van der Waals surface area contributed by atoms with Gasteiger partial charge in [-0.05, 0) is 0 Å². The molecule has 2 aromatic heterocycles. The summed E-state index contributed by atoms with van der Waals surface area (Å²) in [5, 5.41) is 10.8. The van der Waals surface area contributed by atoms with Gasteiger partial charge >= 0.3 is 0 Å². The molecule has 0 saturated heterocycles. The summed E-state index contributed by atoms with van der Waals surface area (Å²) in [5.74, 6) is 0. The maximum Gasteiger partial charge on any atom is 0.172 e. The van der Waals surface area contributed by atoms with E-state index in [1.165, 1.54) is 4.68 Å². The first-order chi connectivity index (χ1) is 4.92. The van der Waals surface area contributed by atoms with E-state index in [1.807, 2.05) is 0 Å². The minimum Gasteiger partial charge on any atom is -0.461 e. The van der Waals surface area contributed by atoms with E-state index >= 15 is 0 Å². The Labute approximate surface area is 56.6 Å². The second-order valence-electron chi connectivity index (χ2n) is 1.89. The fourth-order valence-electron chi connectivity index (χ4n) is 0.880. The highest BCUT2D eigenvalue weighted by Crippen LogP contribution is 2.11. The molecule has 2 rings (SSSR count). The van der Waals surface area contributed by atoms with E-state index < -0.39 is 0 Å². The van der Waals surface area contributed by atoms with Crippen molar-refractivity contribution in [1.82, 2.24) is 9.78 Å². The van der Waals surface area contributed by atoms with E-state index in [0.29, 0.717) is 5.58 Å². The van der Waals surface area contributed by atoms with Gasteiger partial charge in [-0.1, -0.05) is 0 Å². The van der Waals surface area contributed by atoms with Crippen LogP contribution in [0.4, 0.5) is 0 Å². The maximum absolute atomic E-state index is 6.92. The average molecular weight is 135 g/mol. The van der Waals surface area contributed by atoms with Crippen molar-refractivity contribution >= 4 is 17.4 Å². The fraction of sp³-hybridized carbons (Fsp3) is 0. The molecule has 0 unspecified atom stereocenters. The zero-order valence-corrected chi connectivity index (χ0v) is 5.11. The minimum atomic E-state index is 0.712. The van der Waals surface area contributed by atoms with Gasteiger partial charge in [0.15, 0.2) is 5.58 Å². The Morgan fingerprint density at radius 2 is 2.60 bits per heavy atom. The van der Waals surface area contributed by atoms with Gasteiger partial charge in [0.05, 0.1) is 12.5 Å². The smallest absolute Gasteiger partial charge is 0.172 e. The van der Waals surface area contributed by atoms with Gasteiger partial charge in [-0.25, -0.2) is 4.68 Å². The number of nitrogens with one attached hydrogen (secondary N) is 1. The number of aromatic nitrogens is 2. The molecule has 1 N–H and O–H groups in total. The van der Waals surface area contributed by atoms with Gasteiger partial charge in [-0.3, -0.25) is 5.41 Å². The van der Waals surface area contributed by atoms with Crippen molar-refractivity contribution in [2.24, 2.45) is 0 Å². The van der Waals surface area contributed by atoms with E-state index in [9.17, 15) is 0 Å². The molecule has 10 heavy (non-hydrogen) atoms. The molecular weight excluding hydrogens is 130 g/mol. The van der Waals surface area contributed by atoms with Crippen molar-refractivity contribution in [1.29, 1.82) is 5.41 Å². The molecule has 0 aliphatic carbocycles. The Morgan fingerprint density at radius 3 is 3.40 bits per heavy atom. The predicted molar refractivity (Wildman–Crippen MR) is 36.2 cm³/mol. The Morgan fingerprint density at radius 1 is 1.70 bits per heavy atom. The third kappa shape index (κ3) is 0.500. The summed E-state index contributed by atoms with van der Waals surface area (Å²) in [4.78, 5) is 0. The molecule has 0 radical (unpaired) electrons. The topological polar surface area (TPSA) is 54.8 Å². The lowest BCUT2D eigenvalue weighted by Gasteiger charge is -1.83. The maximum atomic E-state index is 6.92. The molecule has 0 atom stereocenters. The third-order valence-corrected chi connectivity index (χ3v) is 1.34. The van der Waals surface area contributed by atoms with Gasteiger partial charge in [0.1, 0.15) is 11.9 Å². The number of hydrogen-bond acceptors (Lipinski definition) is 3. The van der Waals surface area contributed by atoms with Crippen LogP contribution in [0.1, 0.15) is 0 Å². The molecule has 0 fully saturated rings. The second-order valence-corrected chi connectivity index (χ2v) is 1.89. The van der Waals surface area contributed by atoms with Crippen molar-refractivity contribution in [3.8, 4) is 0 Å². The van der Waals surface area contributed by atoms with Gasteiger partial charge in [0.25, 0.3) is 0 Å². The highest BCUT2D eigenvalue weighted by Gasteiger charge is 2.00. The van der Waals surface area contributed by atoms with Gasteiger partial charge in [-0.2, -0.15) is 5.10 Å². The second kappa shape index (κ2) is 1.70. The van der Waals surface area contributed by atoms with Crippen LogP contribution >= 0.6 is 0 Å². The van der Waals surface area contributed by atoms with E-state index in [1.54, 1.807) is 18.5 Å². The Bertz CT molecular complexity index is 360. The summed E-state index contributed by atoms with van der Waals surface area (Å²) in [5.41, 5.74) is 1.54. The molecule has 0 aliphatic heterocycles. The molecule has 4 nitrogen and oxygen atoms in total. The number of fused-ring (bicyclic) bond motifs is 1. The van der Waals surface area contributed by atoms with Crippen LogP contribution in [0.3, 0.4) is 0 Å². The van der Waals surface area contributed by atoms with Crippen LogP contribution in [0.2, 0.25) is 0 Å². The molecule has 0 bridgehead atoms. The average Bonchev–Trinajstić information content (AvgIpc) is 2.44. The van der Waals surface area contributed by atoms with E-state index in [0.717, 1.165) is 11.9 Å². The molecule has 50 valence electrons. The first kappa shape index (κ1) is 5.22. The minimum absolute atomic E-state index is 0.712. The summed E-state index contributed by atoms with van der Waals surface area (Å²) in [7, 11) is 0. The highest BCUT2D eigenvalue weighted by atomic mass is 16.3. The van der Waals surface area contributed by atoms with E-state index in [2.05, 4.69) is 5.10 Å². The van der Waals surface area contributed by atoms with Crippen LogP contribution in [0.15, 0.2) is 22.9 Å². The Balaban J connectivity index is 2.88. The third-order valence-electron chi connectivity index (χ3n) is 1.34. The summed E-state index contributed by atoms with van der Waals surface area (Å²) < 4.78 is 6.46. The molecule has 0 aromatic carbocycles. The normalized spacial score (nSPS) is 10.4. The molecule has 4 heteroatoms. The van der Waals surface area contributed by atoms with Crippen LogP contribution < -0.4 is 0 Å². The molecule has 0 spiro atoms. The lowest BCUT2D eigenvalue weighted by Crippen LogP contribution is -1.93. The SMILES string of the molecule is N=Cn1ncc2occc21. The van der Waals surface area contributed by atoms with Gasteiger partial charge in [0.2, 0.25) is 0 Å². The molecule has 2 heterocycles. The fourth-order valence-corrected chi connectivity index (χ4v) is 0.880. The van der Waals surface area contributed by atoms with Crippen molar-refractivity contribution in [2.75, 3.05) is 0 Å². The molecule has 0 saturated carbocycles. The summed E-state index contributed by atoms with van der Waals surface area (Å²) in [6.07, 6.45) is 4.30. The molecule has 0 aliphatic rings. The monoisotopic (exact) mass is 135 g/mol. The highest BCUT2D eigenvalue weighted by molar-refractivity contribution is 5.79. The van der Waals surface area contributed by atoms with Gasteiger partial charge in [0, 0.05) is 6.07 Å². The number of furan rings is 1. The van der Waals surface area contributed by atoms with Crippen molar-refractivity contribution in [2.45, 2.75) is 0 Å². The molecular formula is C6H5N3O. The summed E-state index contributed by atoms with van der Waals surface area (Å²) in [6, 6.07) is 1.77. The summed E-state index contributed by atoms with van der Waals surface area (Å²) in [6.45, 7) is 0. The quantitative estimate of drug-likeness (QED) is 0.470. The van der Waals surface area contributed by atoms with Crippen molar-refractivity contribution in [3.63, 3.8) is 0 Å². The van der Waals surface area contributed by atoms with E-state index in [4.69, 9.17) is 9.83 Å². The lowest BCUT2D eigenvalue weighted by atomic mass is 10.5. The van der Waals surface area contributed by atoms with Crippen LogP contribution in [-0.4, -0.2) is 16.1 Å². The number of rotatable bonds is 1. The predicted octanol–water partition coefficient (Wildman–Crippen LogP) is 1.08.